The number of rotatable bonds is 2. The first kappa shape index (κ1) is 12.5. The molecule has 0 saturated heterocycles. The van der Waals surface area contributed by atoms with E-state index in [9.17, 15) is 8.42 Å². The van der Waals surface area contributed by atoms with Crippen LogP contribution in [0.15, 0.2) is 0 Å². The van der Waals surface area contributed by atoms with Crippen LogP contribution in [-0.4, -0.2) is 54.9 Å². The van der Waals surface area contributed by atoms with Crippen molar-refractivity contribution in [3.8, 4) is 0 Å². The molecule has 0 aromatic carbocycles. The van der Waals surface area contributed by atoms with E-state index < -0.39 is 15.5 Å². The summed E-state index contributed by atoms with van der Waals surface area (Å²) in [6.07, 6.45) is 0. The molecule has 0 bridgehead atoms. The van der Waals surface area contributed by atoms with E-state index >= 15 is 0 Å². The molecule has 0 spiro atoms. The van der Waals surface area contributed by atoms with Crippen LogP contribution in [0.3, 0.4) is 0 Å². The fourth-order valence-electron chi connectivity index (χ4n) is 0.149. The fourth-order valence-corrected chi connectivity index (χ4v) is 0.447. The molecule has 9 heavy (non-hydrogen) atoms. The standard InChI is InChI=1S/C3H9NO3S.Na.H/c1-3(4-2)8(5,6)7;;/h3-4H,1-2H3,(H,5,6,7);;. The van der Waals surface area contributed by atoms with Gasteiger partial charge < -0.3 is 5.32 Å². The van der Waals surface area contributed by atoms with E-state index in [0.717, 1.165) is 0 Å². The van der Waals surface area contributed by atoms with E-state index in [-0.39, 0.29) is 29.6 Å². The van der Waals surface area contributed by atoms with Crippen LogP contribution >= 0.6 is 0 Å². The van der Waals surface area contributed by atoms with Crippen molar-refractivity contribution >= 4 is 39.7 Å². The predicted octanol–water partition coefficient (Wildman–Crippen LogP) is -1.21. The van der Waals surface area contributed by atoms with Gasteiger partial charge in [0, 0.05) is 0 Å². The van der Waals surface area contributed by atoms with Gasteiger partial charge in [0.2, 0.25) is 0 Å². The molecular weight excluding hydrogens is 153 g/mol. The molecule has 0 aromatic heterocycles. The zero-order valence-corrected chi connectivity index (χ0v) is 5.57. The molecule has 2 N–H and O–H groups in total. The molecule has 0 aliphatic carbocycles. The van der Waals surface area contributed by atoms with E-state index in [1.54, 1.807) is 0 Å². The Bertz CT molecular complexity index is 154. The predicted molar refractivity (Wildman–Crippen MR) is 37.2 cm³/mol. The topological polar surface area (TPSA) is 66.4 Å². The molecule has 6 heteroatoms. The van der Waals surface area contributed by atoms with Gasteiger partial charge in [-0.1, -0.05) is 0 Å². The molecule has 0 aliphatic rings. The van der Waals surface area contributed by atoms with Crippen molar-refractivity contribution < 1.29 is 13.0 Å². The first-order valence-corrected chi connectivity index (χ1v) is 3.62. The quantitative estimate of drug-likeness (QED) is 0.396. The zero-order chi connectivity index (χ0) is 6.78. The molecule has 0 fully saturated rings. The Morgan fingerprint density at radius 1 is 1.56 bits per heavy atom. The third-order valence-corrected chi connectivity index (χ3v) is 1.98. The molecule has 0 aromatic rings. The van der Waals surface area contributed by atoms with E-state index in [2.05, 4.69) is 5.32 Å². The number of hydrogen-bond acceptors (Lipinski definition) is 3. The molecular formula is C3H10NNaO3S. The molecule has 0 rings (SSSR count). The van der Waals surface area contributed by atoms with Gasteiger partial charge >= 0.3 is 29.6 Å². The van der Waals surface area contributed by atoms with Crippen LogP contribution in [-0.2, 0) is 10.1 Å². The maximum atomic E-state index is 10.1. The minimum absolute atomic E-state index is 0. The van der Waals surface area contributed by atoms with Gasteiger partial charge in [0.15, 0.2) is 0 Å². The van der Waals surface area contributed by atoms with Crippen molar-refractivity contribution in [1.29, 1.82) is 0 Å². The summed E-state index contributed by atoms with van der Waals surface area (Å²) in [4.78, 5) is 0. The fraction of sp³-hybridized carbons (Fsp3) is 1.00. The molecule has 4 nitrogen and oxygen atoms in total. The normalized spacial score (nSPS) is 14.1. The second kappa shape index (κ2) is 4.65. The molecule has 0 heterocycles. The van der Waals surface area contributed by atoms with Crippen LogP contribution in [0, 0.1) is 0 Å². The molecule has 52 valence electrons. The van der Waals surface area contributed by atoms with Crippen LogP contribution in [0.25, 0.3) is 0 Å². The van der Waals surface area contributed by atoms with Gasteiger partial charge in [-0.3, -0.25) is 4.55 Å². The van der Waals surface area contributed by atoms with Crippen LogP contribution in [0.1, 0.15) is 6.92 Å². The van der Waals surface area contributed by atoms with Crippen molar-refractivity contribution in [2.45, 2.75) is 12.3 Å². The first-order chi connectivity index (χ1) is 3.48. The SMILES string of the molecule is CNC(C)S(=O)(=O)O.[NaH]. The first-order valence-electron chi connectivity index (χ1n) is 2.12. The van der Waals surface area contributed by atoms with E-state index in [0.29, 0.717) is 0 Å². The van der Waals surface area contributed by atoms with E-state index in [4.69, 9.17) is 4.55 Å². The van der Waals surface area contributed by atoms with Crippen LogP contribution in [0.5, 0.6) is 0 Å². The monoisotopic (exact) mass is 163 g/mol. The van der Waals surface area contributed by atoms with Gasteiger partial charge in [0.25, 0.3) is 10.1 Å². The molecule has 0 radical (unpaired) electrons. The molecule has 0 aliphatic heterocycles. The molecule has 1 atom stereocenters. The van der Waals surface area contributed by atoms with Crippen molar-refractivity contribution in [2.75, 3.05) is 7.05 Å². The van der Waals surface area contributed by atoms with Crippen LogP contribution in [0.4, 0.5) is 0 Å². The van der Waals surface area contributed by atoms with Gasteiger partial charge in [-0.2, -0.15) is 8.42 Å². The summed E-state index contributed by atoms with van der Waals surface area (Å²) in [7, 11) is -2.41. The summed E-state index contributed by atoms with van der Waals surface area (Å²) in [5.74, 6) is 0. The number of nitrogens with one attached hydrogen (secondary N) is 1. The van der Waals surface area contributed by atoms with Gasteiger partial charge in [-0.05, 0) is 14.0 Å². The average Bonchev–Trinajstić information content (AvgIpc) is 1.62. The van der Waals surface area contributed by atoms with Crippen molar-refractivity contribution in [2.24, 2.45) is 0 Å². The van der Waals surface area contributed by atoms with Gasteiger partial charge in [-0.25, -0.2) is 0 Å². The third kappa shape index (κ3) is 5.32. The summed E-state index contributed by atoms with van der Waals surface area (Å²) in [5.41, 5.74) is 0. The minimum atomic E-state index is -3.86. The Morgan fingerprint density at radius 3 is 1.89 bits per heavy atom. The Kier molecular flexibility index (Phi) is 6.48. The zero-order valence-electron chi connectivity index (χ0n) is 4.75. The van der Waals surface area contributed by atoms with E-state index in [1.807, 2.05) is 0 Å². The summed E-state index contributed by atoms with van der Waals surface area (Å²) in [6.45, 7) is 1.36. The van der Waals surface area contributed by atoms with E-state index in [1.165, 1.54) is 14.0 Å². The number of hydrogen-bond donors (Lipinski definition) is 2. The molecule has 0 saturated carbocycles. The van der Waals surface area contributed by atoms with Gasteiger partial charge in [-0.15, -0.1) is 0 Å². The Balaban J connectivity index is 0. The summed E-state index contributed by atoms with van der Waals surface area (Å²) < 4.78 is 28.3. The van der Waals surface area contributed by atoms with Crippen molar-refractivity contribution in [1.82, 2.24) is 5.32 Å². The second-order valence-corrected chi connectivity index (χ2v) is 3.18. The maximum absolute atomic E-state index is 10.1. The van der Waals surface area contributed by atoms with Gasteiger partial charge in [0.1, 0.15) is 5.37 Å². The third-order valence-electron chi connectivity index (χ3n) is 0.853. The molecule has 0 amide bonds. The summed E-state index contributed by atoms with van der Waals surface area (Å²) in [6, 6.07) is 0. The summed E-state index contributed by atoms with van der Waals surface area (Å²) in [5, 5.41) is 1.49. The van der Waals surface area contributed by atoms with Crippen molar-refractivity contribution in [3.05, 3.63) is 0 Å². The second-order valence-electron chi connectivity index (χ2n) is 1.45. The van der Waals surface area contributed by atoms with Crippen molar-refractivity contribution in [3.63, 3.8) is 0 Å². The van der Waals surface area contributed by atoms with Gasteiger partial charge in [0.05, 0.1) is 0 Å². The molecule has 1 unspecified atom stereocenters. The Morgan fingerprint density at radius 2 is 1.89 bits per heavy atom. The average molecular weight is 163 g/mol. The Hall–Kier alpha value is 0.870. The van der Waals surface area contributed by atoms with Crippen LogP contribution in [0.2, 0.25) is 0 Å². The Labute approximate surface area is 77.1 Å². The van der Waals surface area contributed by atoms with Crippen LogP contribution < -0.4 is 5.32 Å². The summed E-state index contributed by atoms with van der Waals surface area (Å²) >= 11 is 0.